The number of nitriles is 1. The van der Waals surface area contributed by atoms with Crippen LogP contribution in [0.3, 0.4) is 0 Å². The second-order valence-electron chi connectivity index (χ2n) is 2.62. The molecule has 1 aromatic rings. The number of benzene rings is 1. The normalized spacial score (nSPS) is 9.47. The number of carbonyl (C=O) groups is 1. The van der Waals surface area contributed by atoms with Gasteiger partial charge in [0.2, 0.25) is 0 Å². The molecule has 78 valence electrons. The molecule has 0 N–H and O–H groups in total. The molecule has 1 aromatic carbocycles. The van der Waals surface area contributed by atoms with Crippen molar-refractivity contribution in [1.82, 2.24) is 0 Å². The smallest absolute Gasteiger partial charge is 0.342 e. The van der Waals surface area contributed by atoms with E-state index in [1.165, 1.54) is 12.1 Å². The number of esters is 1. The van der Waals surface area contributed by atoms with Gasteiger partial charge in [-0.2, -0.15) is 5.26 Å². The number of nitrogens with zero attached hydrogens (tertiary/aromatic N) is 1. The standard InChI is InChI=1S/C10H7BrFNO2/c1-2-15-10(14)8-6(5-13)3-4-7(11)9(8)12/h3-4H,2H2,1H3. The predicted octanol–water partition coefficient (Wildman–Crippen LogP) is 2.64. The fraction of sp³-hybridized carbons (Fsp3) is 0.200. The molecule has 0 heterocycles. The first kappa shape index (κ1) is 11.7. The van der Waals surface area contributed by atoms with E-state index in [4.69, 9.17) is 5.26 Å². The van der Waals surface area contributed by atoms with Gasteiger partial charge in [0.15, 0.2) is 5.82 Å². The zero-order chi connectivity index (χ0) is 11.4. The predicted molar refractivity (Wildman–Crippen MR) is 54.8 cm³/mol. The summed E-state index contributed by atoms with van der Waals surface area (Å²) in [6.07, 6.45) is 0. The monoisotopic (exact) mass is 271 g/mol. The van der Waals surface area contributed by atoms with Gasteiger partial charge in [-0.25, -0.2) is 9.18 Å². The molecule has 0 atom stereocenters. The fourth-order valence-corrected chi connectivity index (χ4v) is 1.38. The van der Waals surface area contributed by atoms with Crippen LogP contribution in [0.5, 0.6) is 0 Å². The van der Waals surface area contributed by atoms with Crippen LogP contribution in [0.15, 0.2) is 16.6 Å². The van der Waals surface area contributed by atoms with Crippen LogP contribution in [0, 0.1) is 17.1 Å². The highest BCUT2D eigenvalue weighted by Crippen LogP contribution is 2.22. The van der Waals surface area contributed by atoms with Crippen LogP contribution < -0.4 is 0 Å². The molecule has 15 heavy (non-hydrogen) atoms. The maximum atomic E-state index is 13.5. The molecule has 0 amide bonds. The second-order valence-corrected chi connectivity index (χ2v) is 3.47. The minimum Gasteiger partial charge on any atom is -0.462 e. The van der Waals surface area contributed by atoms with Gasteiger partial charge < -0.3 is 4.74 Å². The summed E-state index contributed by atoms with van der Waals surface area (Å²) in [5.74, 6) is -1.60. The van der Waals surface area contributed by atoms with Crippen molar-refractivity contribution in [3.05, 3.63) is 33.5 Å². The van der Waals surface area contributed by atoms with Crippen molar-refractivity contribution < 1.29 is 13.9 Å². The number of carbonyl (C=O) groups excluding carboxylic acids is 1. The zero-order valence-corrected chi connectivity index (χ0v) is 9.47. The highest BCUT2D eigenvalue weighted by molar-refractivity contribution is 9.10. The van der Waals surface area contributed by atoms with E-state index < -0.39 is 11.8 Å². The van der Waals surface area contributed by atoms with E-state index in [-0.39, 0.29) is 22.2 Å². The molecule has 0 saturated carbocycles. The van der Waals surface area contributed by atoms with Crippen LogP contribution >= 0.6 is 15.9 Å². The molecule has 1 rings (SSSR count). The number of hydrogen-bond acceptors (Lipinski definition) is 3. The summed E-state index contributed by atoms with van der Waals surface area (Å²) >= 11 is 2.94. The van der Waals surface area contributed by atoms with E-state index >= 15 is 0 Å². The molecule has 0 fully saturated rings. The Hall–Kier alpha value is -1.41. The number of ether oxygens (including phenoxy) is 1. The molecular formula is C10H7BrFNO2. The lowest BCUT2D eigenvalue weighted by atomic mass is 10.1. The third-order valence-corrected chi connectivity index (χ3v) is 2.31. The zero-order valence-electron chi connectivity index (χ0n) is 7.88. The fourth-order valence-electron chi connectivity index (χ4n) is 1.05. The lowest BCUT2D eigenvalue weighted by Gasteiger charge is -2.05. The molecule has 0 spiro atoms. The largest absolute Gasteiger partial charge is 0.462 e. The van der Waals surface area contributed by atoms with Crippen molar-refractivity contribution in [1.29, 1.82) is 5.26 Å². The summed E-state index contributed by atoms with van der Waals surface area (Å²) < 4.78 is 18.3. The van der Waals surface area contributed by atoms with Gasteiger partial charge in [0.05, 0.1) is 16.6 Å². The summed E-state index contributed by atoms with van der Waals surface area (Å²) in [6.45, 7) is 1.75. The minimum atomic E-state index is -0.826. The van der Waals surface area contributed by atoms with Gasteiger partial charge in [0.1, 0.15) is 11.6 Å². The van der Waals surface area contributed by atoms with Crippen molar-refractivity contribution in [2.75, 3.05) is 6.61 Å². The van der Waals surface area contributed by atoms with Crippen molar-refractivity contribution in [3.63, 3.8) is 0 Å². The van der Waals surface area contributed by atoms with E-state index in [1.807, 2.05) is 0 Å². The van der Waals surface area contributed by atoms with E-state index in [9.17, 15) is 9.18 Å². The van der Waals surface area contributed by atoms with Crippen molar-refractivity contribution >= 4 is 21.9 Å². The Labute approximate surface area is 94.6 Å². The lowest BCUT2D eigenvalue weighted by molar-refractivity contribution is 0.0520. The number of halogens is 2. The minimum absolute atomic E-state index is 0.0332. The van der Waals surface area contributed by atoms with Crippen LogP contribution in [0.1, 0.15) is 22.8 Å². The molecule has 0 unspecified atom stereocenters. The maximum absolute atomic E-state index is 13.5. The average Bonchev–Trinajstić information content (AvgIpc) is 2.22. The third kappa shape index (κ3) is 2.34. The molecule has 0 radical (unpaired) electrons. The van der Waals surface area contributed by atoms with Gasteiger partial charge in [0, 0.05) is 0 Å². The first-order valence-corrected chi connectivity index (χ1v) is 4.96. The summed E-state index contributed by atoms with van der Waals surface area (Å²) in [6, 6.07) is 4.47. The van der Waals surface area contributed by atoms with Gasteiger partial charge >= 0.3 is 5.97 Å². The summed E-state index contributed by atoms with van der Waals surface area (Å²) in [7, 11) is 0. The molecule has 0 saturated heterocycles. The van der Waals surface area contributed by atoms with Crippen molar-refractivity contribution in [2.24, 2.45) is 0 Å². The van der Waals surface area contributed by atoms with Crippen LogP contribution in [-0.4, -0.2) is 12.6 Å². The molecule has 0 aliphatic heterocycles. The molecular weight excluding hydrogens is 265 g/mol. The van der Waals surface area contributed by atoms with Gasteiger partial charge in [-0.3, -0.25) is 0 Å². The SMILES string of the molecule is CCOC(=O)c1c(C#N)ccc(Br)c1F. The van der Waals surface area contributed by atoms with Gasteiger partial charge in [-0.15, -0.1) is 0 Å². The molecule has 5 heteroatoms. The summed E-state index contributed by atoms with van der Waals surface area (Å²) in [5.41, 5.74) is -0.358. The second kappa shape index (κ2) is 4.89. The Morgan fingerprint density at radius 3 is 2.87 bits per heavy atom. The van der Waals surface area contributed by atoms with E-state index in [0.29, 0.717) is 0 Å². The van der Waals surface area contributed by atoms with Gasteiger partial charge in [-0.1, -0.05) is 0 Å². The first-order valence-electron chi connectivity index (χ1n) is 4.17. The Bertz CT molecular complexity index is 440. The summed E-state index contributed by atoms with van der Waals surface area (Å²) in [4.78, 5) is 11.4. The Morgan fingerprint density at radius 1 is 1.67 bits per heavy atom. The molecule has 0 aliphatic carbocycles. The van der Waals surface area contributed by atoms with Crippen molar-refractivity contribution in [3.8, 4) is 6.07 Å². The Kier molecular flexibility index (Phi) is 3.81. The topological polar surface area (TPSA) is 50.1 Å². The summed E-state index contributed by atoms with van der Waals surface area (Å²) in [5, 5.41) is 8.71. The lowest BCUT2D eigenvalue weighted by Crippen LogP contribution is -2.10. The van der Waals surface area contributed by atoms with E-state index in [2.05, 4.69) is 20.7 Å². The highest BCUT2D eigenvalue weighted by atomic mass is 79.9. The van der Waals surface area contributed by atoms with Crippen LogP contribution in [0.4, 0.5) is 4.39 Å². The Balaban J connectivity index is 3.31. The number of rotatable bonds is 2. The molecule has 0 aromatic heterocycles. The molecule has 0 bridgehead atoms. The van der Waals surface area contributed by atoms with E-state index in [1.54, 1.807) is 13.0 Å². The first-order chi connectivity index (χ1) is 7.11. The van der Waals surface area contributed by atoms with E-state index in [0.717, 1.165) is 0 Å². The third-order valence-electron chi connectivity index (χ3n) is 1.69. The quantitative estimate of drug-likeness (QED) is 0.777. The number of hydrogen-bond donors (Lipinski definition) is 0. The maximum Gasteiger partial charge on any atom is 0.342 e. The highest BCUT2D eigenvalue weighted by Gasteiger charge is 2.20. The molecule has 3 nitrogen and oxygen atoms in total. The van der Waals surface area contributed by atoms with Gasteiger partial charge in [0.25, 0.3) is 0 Å². The van der Waals surface area contributed by atoms with Crippen LogP contribution in [-0.2, 0) is 4.74 Å². The molecule has 0 aliphatic rings. The Morgan fingerprint density at radius 2 is 2.33 bits per heavy atom. The van der Waals surface area contributed by atoms with Gasteiger partial charge in [-0.05, 0) is 35.0 Å². The van der Waals surface area contributed by atoms with Crippen molar-refractivity contribution in [2.45, 2.75) is 6.92 Å². The average molecular weight is 272 g/mol. The van der Waals surface area contributed by atoms with Crippen LogP contribution in [0.2, 0.25) is 0 Å². The van der Waals surface area contributed by atoms with Crippen LogP contribution in [0.25, 0.3) is 0 Å².